The van der Waals surface area contributed by atoms with Gasteiger partial charge < -0.3 is 72.9 Å². The van der Waals surface area contributed by atoms with Gasteiger partial charge >= 0.3 is 0 Å². The Morgan fingerprint density at radius 3 is 1.42 bits per heavy atom. The highest BCUT2D eigenvalue weighted by Gasteiger charge is 2.35. The van der Waals surface area contributed by atoms with Crippen LogP contribution in [0, 0.1) is 0 Å². The summed E-state index contributed by atoms with van der Waals surface area (Å²) in [5, 5.41) is 67.2. The number of ether oxygens (including phenoxy) is 4. The summed E-state index contributed by atoms with van der Waals surface area (Å²) in [6, 6.07) is 0. The molecule has 0 radical (unpaired) electrons. The van der Waals surface area contributed by atoms with Crippen LogP contribution in [0.25, 0.3) is 0 Å². The number of aliphatic hydroxyl groups excluding tert-OH is 2. The van der Waals surface area contributed by atoms with Crippen LogP contribution in [0.5, 0.6) is 0 Å². The summed E-state index contributed by atoms with van der Waals surface area (Å²) in [6.45, 7) is -0.658. The molecule has 0 aliphatic rings. The van der Waals surface area contributed by atoms with Gasteiger partial charge in [-0.1, -0.05) is 20.6 Å². The summed E-state index contributed by atoms with van der Waals surface area (Å²) < 4.78 is 22.2. The number of nitrogens with zero attached hydrogens (tertiary/aromatic N) is 4. The van der Waals surface area contributed by atoms with E-state index < -0.39 is 24.4 Å². The first-order chi connectivity index (χ1) is 17.2. The van der Waals surface area contributed by atoms with E-state index in [-0.39, 0.29) is 88.7 Å². The van der Waals surface area contributed by atoms with Crippen LogP contribution in [0.4, 0.5) is 0 Å². The van der Waals surface area contributed by atoms with Crippen molar-refractivity contribution < 1.29 is 50.0 Å². The number of amidine groups is 4. The van der Waals surface area contributed by atoms with Crippen LogP contribution >= 0.6 is 0 Å². The molecule has 0 heterocycles. The van der Waals surface area contributed by atoms with E-state index in [1.165, 1.54) is 0 Å². The fourth-order valence-corrected chi connectivity index (χ4v) is 2.55. The zero-order chi connectivity index (χ0) is 27.3. The maximum atomic E-state index is 10.8. The Kier molecular flexibility index (Phi) is 18.3. The molecule has 0 fully saturated rings. The molecule has 18 heteroatoms. The molecule has 0 bridgehead atoms. The molecule has 0 saturated heterocycles. The normalized spacial score (nSPS) is 17.1. The minimum absolute atomic E-state index is 0.00530. The van der Waals surface area contributed by atoms with Crippen molar-refractivity contribution in [3.8, 4) is 0 Å². The molecule has 14 N–H and O–H groups in total. The molecule has 0 rings (SSSR count). The fourth-order valence-electron chi connectivity index (χ4n) is 2.55. The van der Waals surface area contributed by atoms with Gasteiger partial charge in [-0.2, -0.15) is 0 Å². The Balaban J connectivity index is 5.41. The van der Waals surface area contributed by atoms with E-state index in [0.717, 1.165) is 0 Å². The van der Waals surface area contributed by atoms with E-state index in [1.807, 2.05) is 0 Å². The molecular formula is C18H38N8O10. The third-order valence-corrected chi connectivity index (χ3v) is 4.55. The highest BCUT2D eigenvalue weighted by Crippen LogP contribution is 2.15. The van der Waals surface area contributed by atoms with Crippen LogP contribution < -0.4 is 22.9 Å². The predicted octanol–water partition coefficient (Wildman–Crippen LogP) is -2.94. The van der Waals surface area contributed by atoms with E-state index in [9.17, 15) is 10.2 Å². The average Bonchev–Trinajstić information content (AvgIpc) is 2.89. The molecule has 0 amide bonds. The molecular weight excluding hydrogens is 488 g/mol. The summed E-state index contributed by atoms with van der Waals surface area (Å²) in [5.41, 5.74) is 21.7. The summed E-state index contributed by atoms with van der Waals surface area (Å²) in [5.74, 6) is -0.372. The molecule has 36 heavy (non-hydrogen) atoms. The molecule has 0 aromatic heterocycles. The molecule has 0 aliphatic heterocycles. The molecule has 18 nitrogen and oxygen atoms in total. The number of rotatable bonds is 21. The second-order valence-electron chi connectivity index (χ2n) is 7.32. The van der Waals surface area contributed by atoms with Crippen molar-refractivity contribution in [2.24, 2.45) is 43.6 Å². The third kappa shape index (κ3) is 15.0. The number of hydrogen-bond acceptors (Lipinski definition) is 14. The Hall–Kier alpha value is -3.16. The molecule has 4 unspecified atom stereocenters. The topological polar surface area (TPSA) is 312 Å². The third-order valence-electron chi connectivity index (χ3n) is 4.55. The van der Waals surface area contributed by atoms with Crippen molar-refractivity contribution in [2.45, 2.75) is 50.1 Å². The second-order valence-corrected chi connectivity index (χ2v) is 7.32. The highest BCUT2D eigenvalue weighted by atomic mass is 16.6. The lowest BCUT2D eigenvalue weighted by Gasteiger charge is -2.33. The van der Waals surface area contributed by atoms with Crippen LogP contribution in [0.3, 0.4) is 0 Å². The lowest BCUT2D eigenvalue weighted by Crippen LogP contribution is -2.50. The van der Waals surface area contributed by atoms with Crippen molar-refractivity contribution >= 4 is 23.3 Å². The van der Waals surface area contributed by atoms with Crippen molar-refractivity contribution in [2.75, 3.05) is 39.6 Å². The first-order valence-corrected chi connectivity index (χ1v) is 10.8. The molecule has 0 saturated carbocycles. The molecule has 0 aliphatic carbocycles. The largest absolute Gasteiger partial charge is 0.409 e. The summed E-state index contributed by atoms with van der Waals surface area (Å²) in [4.78, 5) is 0. The molecule has 210 valence electrons. The number of hydrogen-bond donors (Lipinski definition) is 10. The van der Waals surface area contributed by atoms with Gasteiger partial charge in [0, 0.05) is 25.7 Å². The van der Waals surface area contributed by atoms with Crippen LogP contribution in [0.15, 0.2) is 20.6 Å². The number of oxime groups is 4. The van der Waals surface area contributed by atoms with Gasteiger partial charge in [0.25, 0.3) is 0 Å². The quantitative estimate of drug-likeness (QED) is 0.0235. The zero-order valence-electron chi connectivity index (χ0n) is 19.8. The molecule has 0 aromatic carbocycles. The fraction of sp³-hybridized carbons (Fsp3) is 0.778. The van der Waals surface area contributed by atoms with Crippen LogP contribution in [-0.4, -0.2) is 118 Å². The minimum atomic E-state index is -1.57. The van der Waals surface area contributed by atoms with E-state index >= 15 is 0 Å². The maximum Gasteiger partial charge on any atom is 0.141 e. The molecule has 0 aromatic rings. The van der Waals surface area contributed by atoms with E-state index in [1.54, 1.807) is 0 Å². The van der Waals surface area contributed by atoms with Crippen LogP contribution in [-0.2, 0) is 18.9 Å². The highest BCUT2D eigenvalue weighted by molar-refractivity contribution is 5.80. The molecule has 0 spiro atoms. The van der Waals surface area contributed by atoms with E-state index in [2.05, 4.69) is 20.6 Å². The van der Waals surface area contributed by atoms with Crippen molar-refractivity contribution in [3.05, 3.63) is 0 Å². The number of aliphatic hydroxyl groups is 2. The summed E-state index contributed by atoms with van der Waals surface area (Å²) in [6.07, 6.45) is -5.03. The zero-order valence-corrected chi connectivity index (χ0v) is 19.8. The minimum Gasteiger partial charge on any atom is -0.409 e. The Labute approximate surface area is 207 Å². The smallest absolute Gasteiger partial charge is 0.141 e. The average molecular weight is 527 g/mol. The van der Waals surface area contributed by atoms with Crippen molar-refractivity contribution in [3.63, 3.8) is 0 Å². The summed E-state index contributed by atoms with van der Waals surface area (Å²) >= 11 is 0. The summed E-state index contributed by atoms with van der Waals surface area (Å²) in [7, 11) is 0. The first-order valence-electron chi connectivity index (χ1n) is 10.8. The maximum absolute atomic E-state index is 10.8. The van der Waals surface area contributed by atoms with Crippen LogP contribution in [0.1, 0.15) is 25.7 Å². The van der Waals surface area contributed by atoms with E-state index in [4.69, 9.17) is 62.7 Å². The standard InChI is InChI=1S/C18H38N8O10/c19-13(23-29)1-5-33-9-11(27)17(28)18(36-8-4-16(22)26-32)12(35-7-3-15(21)25-31)10-34-6-2-14(20)24-30/h11-12,17-18,27-32H,1-10H2,(H2,19,23)(H2,20,24)(H2,21,25)(H2,22,26). The lowest BCUT2D eigenvalue weighted by molar-refractivity contribution is -0.169. The first kappa shape index (κ1) is 32.8. The van der Waals surface area contributed by atoms with Crippen LogP contribution in [0.2, 0.25) is 0 Å². The van der Waals surface area contributed by atoms with Gasteiger partial charge in [0.15, 0.2) is 0 Å². The molecule has 4 atom stereocenters. The van der Waals surface area contributed by atoms with Gasteiger partial charge in [-0.3, -0.25) is 0 Å². The monoisotopic (exact) mass is 526 g/mol. The van der Waals surface area contributed by atoms with Gasteiger partial charge in [0.1, 0.15) is 47.8 Å². The second kappa shape index (κ2) is 20.1. The van der Waals surface area contributed by atoms with Gasteiger partial charge in [-0.25, -0.2) is 0 Å². The van der Waals surface area contributed by atoms with Gasteiger partial charge in [0.05, 0.1) is 39.6 Å². The van der Waals surface area contributed by atoms with Crippen molar-refractivity contribution in [1.82, 2.24) is 0 Å². The Morgan fingerprint density at radius 1 is 0.583 bits per heavy atom. The van der Waals surface area contributed by atoms with E-state index in [0.29, 0.717) is 0 Å². The predicted molar refractivity (Wildman–Crippen MR) is 125 cm³/mol. The van der Waals surface area contributed by atoms with Gasteiger partial charge in [-0.05, 0) is 0 Å². The Morgan fingerprint density at radius 2 is 0.972 bits per heavy atom. The number of nitrogens with two attached hydrogens (primary N) is 4. The SMILES string of the molecule is NC(CCOCC(O)C(O)C(OCCC(N)=NO)C(COCCC(N)=NO)OCCC(N)=NO)=NO. The lowest BCUT2D eigenvalue weighted by atomic mass is 10.0. The van der Waals surface area contributed by atoms with Gasteiger partial charge in [0.2, 0.25) is 0 Å². The Bertz CT molecular complexity index is 709. The van der Waals surface area contributed by atoms with Crippen molar-refractivity contribution in [1.29, 1.82) is 0 Å². The van der Waals surface area contributed by atoms with Gasteiger partial charge in [-0.15, -0.1) is 0 Å².